The van der Waals surface area contributed by atoms with E-state index in [1.807, 2.05) is 0 Å². The van der Waals surface area contributed by atoms with Crippen LogP contribution < -0.4 is 29.6 Å². The predicted octanol–water partition coefficient (Wildman–Crippen LogP) is 6.00. The van der Waals surface area contributed by atoms with Gasteiger partial charge in [0.05, 0.1) is 28.5 Å². The van der Waals surface area contributed by atoms with Crippen molar-refractivity contribution in [2.24, 2.45) is 0 Å². The number of unbranched alkanes of at least 4 members (excludes halogenated alkanes) is 16. The second-order valence-corrected chi connectivity index (χ2v) is 11.6. The van der Waals surface area contributed by atoms with Crippen molar-refractivity contribution in [3.63, 3.8) is 0 Å². The molecule has 0 aliphatic carbocycles. The van der Waals surface area contributed by atoms with Crippen molar-refractivity contribution in [2.75, 3.05) is 0 Å². The molecule has 0 aliphatic rings. The van der Waals surface area contributed by atoms with Gasteiger partial charge < -0.3 is 14.0 Å². The van der Waals surface area contributed by atoms with Gasteiger partial charge in [0, 0.05) is 0 Å². The molecule has 0 fully saturated rings. The maximum Gasteiger partial charge on any atom is 1.00 e. The summed E-state index contributed by atoms with van der Waals surface area (Å²) in [5.41, 5.74) is -0.953. The van der Waals surface area contributed by atoms with Gasteiger partial charge in [-0.05, 0) is 50.0 Å². The molecule has 0 N–H and O–H groups in total. The number of benzene rings is 1. The van der Waals surface area contributed by atoms with E-state index in [-0.39, 0.29) is 35.1 Å². The molecule has 226 valence electrons. The molecule has 0 bridgehead atoms. The largest absolute Gasteiger partial charge is 1.00 e. The van der Waals surface area contributed by atoms with Crippen molar-refractivity contribution in [3.05, 3.63) is 54.0 Å². The van der Waals surface area contributed by atoms with Crippen LogP contribution in [0.2, 0.25) is 0 Å². The van der Waals surface area contributed by atoms with Gasteiger partial charge in [-0.15, -0.1) is 0 Å². The average molecular weight is 601 g/mol. The molecule has 1 aromatic rings. The number of carbonyl (C=O) groups excluding carboxylic acids is 2. The summed E-state index contributed by atoms with van der Waals surface area (Å²) in [7, 11) is -5.04. The number of esters is 2. The molecule has 0 heterocycles. The molecule has 0 spiro atoms. The molecule has 0 saturated heterocycles. The number of hydrogen-bond donors (Lipinski definition) is 0. The van der Waals surface area contributed by atoms with Crippen LogP contribution in [-0.2, 0) is 19.6 Å². The first-order valence-electron chi connectivity index (χ1n) is 15.1. The standard InChI is InChI=1S/C32H50O7S.Na/c1-3-5-7-9-11-13-15-17-19-21-26-38-31(33)28-24-23-25-29(40(35,36)37)30(28)32(34)39-27-22-20-18-16-14-12-10-8-6-4-2;/h21-27H,3-20H2,1-2H3,(H,35,36,37);/q;+1/p-1/b26-21+,27-22+;. The van der Waals surface area contributed by atoms with Crippen LogP contribution in [0.5, 0.6) is 0 Å². The predicted molar refractivity (Wildman–Crippen MR) is 158 cm³/mol. The molecule has 7 nitrogen and oxygen atoms in total. The maximum absolute atomic E-state index is 12.8. The van der Waals surface area contributed by atoms with Crippen molar-refractivity contribution in [1.82, 2.24) is 0 Å². The van der Waals surface area contributed by atoms with Crippen LogP contribution in [0.3, 0.4) is 0 Å². The Morgan fingerprint density at radius 3 is 1.54 bits per heavy atom. The first-order valence-corrected chi connectivity index (χ1v) is 16.5. The van der Waals surface area contributed by atoms with Gasteiger partial charge in [0.25, 0.3) is 0 Å². The zero-order valence-electron chi connectivity index (χ0n) is 25.5. The number of rotatable bonds is 23. The van der Waals surface area contributed by atoms with Crippen molar-refractivity contribution in [2.45, 2.75) is 134 Å². The monoisotopic (exact) mass is 600 g/mol. The Bertz CT molecular complexity index is 1020. The summed E-state index contributed by atoms with van der Waals surface area (Å²) in [4.78, 5) is 24.6. The Morgan fingerprint density at radius 1 is 0.683 bits per heavy atom. The van der Waals surface area contributed by atoms with Crippen LogP contribution in [-0.4, -0.2) is 24.9 Å². The summed E-state index contributed by atoms with van der Waals surface area (Å²) in [5.74, 6) is -2.04. The van der Waals surface area contributed by atoms with Crippen molar-refractivity contribution >= 4 is 22.1 Å². The second kappa shape index (κ2) is 25.1. The molecular formula is C32H49NaO7S. The first kappa shape index (κ1) is 39.5. The Balaban J connectivity index is 0.0000160. The molecule has 0 unspecified atom stereocenters. The van der Waals surface area contributed by atoms with E-state index >= 15 is 0 Å². The van der Waals surface area contributed by atoms with E-state index in [0.717, 1.165) is 44.6 Å². The third kappa shape index (κ3) is 18.6. The van der Waals surface area contributed by atoms with E-state index in [2.05, 4.69) is 13.8 Å². The van der Waals surface area contributed by atoms with Gasteiger partial charge in [-0.1, -0.05) is 110 Å². The summed E-state index contributed by atoms with van der Waals surface area (Å²) in [6, 6.07) is 3.45. The Hall–Kier alpha value is -1.45. The topological polar surface area (TPSA) is 110 Å². The zero-order chi connectivity index (χ0) is 29.5. The van der Waals surface area contributed by atoms with Crippen LogP contribution in [0.4, 0.5) is 0 Å². The number of hydrogen-bond acceptors (Lipinski definition) is 7. The van der Waals surface area contributed by atoms with E-state index < -0.39 is 32.5 Å². The molecule has 41 heavy (non-hydrogen) atoms. The summed E-state index contributed by atoms with van der Waals surface area (Å²) < 4.78 is 45.6. The zero-order valence-corrected chi connectivity index (χ0v) is 28.4. The Morgan fingerprint density at radius 2 is 1.10 bits per heavy atom. The van der Waals surface area contributed by atoms with E-state index in [9.17, 15) is 22.6 Å². The third-order valence-electron chi connectivity index (χ3n) is 6.71. The Kier molecular flexibility index (Phi) is 24.2. The van der Waals surface area contributed by atoms with E-state index in [1.165, 1.54) is 95.3 Å². The van der Waals surface area contributed by atoms with Crippen LogP contribution >= 0.6 is 0 Å². The van der Waals surface area contributed by atoms with Crippen molar-refractivity contribution in [1.29, 1.82) is 0 Å². The summed E-state index contributed by atoms with van der Waals surface area (Å²) in [6.45, 7) is 4.40. The van der Waals surface area contributed by atoms with E-state index in [0.29, 0.717) is 6.42 Å². The van der Waals surface area contributed by atoms with Gasteiger partial charge in [0.15, 0.2) is 0 Å². The van der Waals surface area contributed by atoms with Gasteiger partial charge in [0.2, 0.25) is 0 Å². The summed E-state index contributed by atoms with van der Waals surface area (Å²) in [5, 5.41) is 0. The van der Waals surface area contributed by atoms with Crippen molar-refractivity contribution < 1.29 is 61.6 Å². The molecule has 1 rings (SSSR count). The van der Waals surface area contributed by atoms with Crippen LogP contribution in [0, 0.1) is 0 Å². The van der Waals surface area contributed by atoms with Gasteiger partial charge in [-0.25, -0.2) is 18.0 Å². The molecule has 0 radical (unpaired) electrons. The Labute approximate surface area is 270 Å². The maximum atomic E-state index is 12.8. The normalized spacial score (nSPS) is 11.6. The van der Waals surface area contributed by atoms with Crippen molar-refractivity contribution in [3.8, 4) is 0 Å². The van der Waals surface area contributed by atoms with Gasteiger partial charge >= 0.3 is 41.5 Å². The van der Waals surface area contributed by atoms with Gasteiger partial charge in [-0.3, -0.25) is 0 Å². The second-order valence-electron chi connectivity index (χ2n) is 10.2. The number of ether oxygens (including phenoxy) is 2. The molecule has 1 aromatic carbocycles. The SMILES string of the molecule is CCCCCCCCCC/C=C/OC(=O)c1cccc(S(=O)(=O)[O-])c1C(=O)O/C=C/CCCCCCCCCC.[Na+]. The van der Waals surface area contributed by atoms with Gasteiger partial charge in [0.1, 0.15) is 10.1 Å². The molecular weight excluding hydrogens is 551 g/mol. The molecule has 0 amide bonds. The smallest absolute Gasteiger partial charge is 0.744 e. The minimum absolute atomic E-state index is 0. The minimum atomic E-state index is -5.04. The van der Waals surface area contributed by atoms with Crippen LogP contribution in [0.15, 0.2) is 47.8 Å². The average Bonchev–Trinajstić information content (AvgIpc) is 2.93. The van der Waals surface area contributed by atoms with E-state index in [4.69, 9.17) is 9.47 Å². The van der Waals surface area contributed by atoms with E-state index in [1.54, 1.807) is 12.2 Å². The third-order valence-corrected chi connectivity index (χ3v) is 7.59. The van der Waals surface area contributed by atoms with Crippen LogP contribution in [0.1, 0.15) is 150 Å². The quantitative estimate of drug-likeness (QED) is 0.0498. The molecule has 0 aliphatic heterocycles. The molecule has 0 atom stereocenters. The fourth-order valence-corrected chi connectivity index (χ4v) is 5.08. The number of carbonyl (C=O) groups is 2. The molecule has 9 heteroatoms. The minimum Gasteiger partial charge on any atom is -0.744 e. The molecule has 0 aromatic heterocycles. The van der Waals surface area contributed by atoms with Crippen LogP contribution in [0.25, 0.3) is 0 Å². The summed E-state index contributed by atoms with van der Waals surface area (Å²) >= 11 is 0. The fraction of sp³-hybridized carbons (Fsp3) is 0.625. The fourth-order valence-electron chi connectivity index (χ4n) is 4.39. The summed E-state index contributed by atoms with van der Waals surface area (Å²) in [6.07, 6.45) is 26.2. The molecule has 0 saturated carbocycles. The first-order chi connectivity index (χ1) is 19.3. The number of allylic oxidation sites excluding steroid dienone is 2. The van der Waals surface area contributed by atoms with Gasteiger partial charge in [-0.2, -0.15) is 0 Å².